The molecule has 2 N–H and O–H groups in total. The Morgan fingerprint density at radius 3 is 2.61 bits per heavy atom. The lowest BCUT2D eigenvalue weighted by Gasteiger charge is -2.43. The number of aromatic nitrogens is 1. The topological polar surface area (TPSA) is 83.9 Å². The van der Waals surface area contributed by atoms with Crippen molar-refractivity contribution < 1.29 is 19.4 Å². The maximum absolute atomic E-state index is 13.1. The number of nitrogens with one attached hydrogen (secondary N) is 1. The van der Waals surface area contributed by atoms with E-state index in [2.05, 4.69) is 35.1 Å². The summed E-state index contributed by atoms with van der Waals surface area (Å²) >= 11 is 6.74. The third-order valence-corrected chi connectivity index (χ3v) is 10.1. The molecule has 3 saturated heterocycles. The smallest absolute Gasteiger partial charge is 0.229 e. The second-order valence-corrected chi connectivity index (χ2v) is 11.9. The van der Waals surface area contributed by atoms with Crippen molar-refractivity contribution in [2.45, 2.75) is 57.1 Å². The quantitative estimate of drug-likeness (QED) is 0.637. The molecule has 4 atom stereocenters. The minimum Gasteiger partial charge on any atom is -0.389 e. The molecule has 1 spiro atoms. The molecule has 1 aromatic carbocycles. The first-order valence-electron chi connectivity index (χ1n) is 13.3. The van der Waals surface area contributed by atoms with Gasteiger partial charge in [0.15, 0.2) is 0 Å². The lowest BCUT2D eigenvalue weighted by molar-refractivity contribution is -0.118. The molecule has 0 radical (unpaired) electrons. The molecule has 1 saturated carbocycles. The van der Waals surface area contributed by atoms with Gasteiger partial charge in [-0.2, -0.15) is 0 Å². The van der Waals surface area contributed by atoms with E-state index in [1.54, 1.807) is 6.20 Å². The molecule has 4 fully saturated rings. The zero-order chi connectivity index (χ0) is 25.1. The SMILES string of the molecule is C[C@H]1[C@H](C(=O)Nc2cc3cc(C4CCN([C@@]5(C)COC[C@H]5O)CC4)c(Cl)cc3cn2)C12CCOCC2. The van der Waals surface area contributed by atoms with E-state index in [0.29, 0.717) is 30.9 Å². The van der Waals surface area contributed by atoms with Crippen LogP contribution in [0.3, 0.4) is 0 Å². The van der Waals surface area contributed by atoms with E-state index < -0.39 is 6.10 Å². The predicted molar refractivity (Wildman–Crippen MR) is 139 cm³/mol. The van der Waals surface area contributed by atoms with Crippen LogP contribution in [0.15, 0.2) is 24.4 Å². The number of hydrogen-bond acceptors (Lipinski definition) is 6. The summed E-state index contributed by atoms with van der Waals surface area (Å²) in [5.41, 5.74) is 0.948. The summed E-state index contributed by atoms with van der Waals surface area (Å²) in [4.78, 5) is 20.0. The summed E-state index contributed by atoms with van der Waals surface area (Å²) in [6, 6.07) is 6.14. The van der Waals surface area contributed by atoms with Gasteiger partial charge >= 0.3 is 0 Å². The fourth-order valence-electron chi connectivity index (χ4n) is 7.13. The molecule has 2 aromatic rings. The molecule has 4 aliphatic rings. The van der Waals surface area contributed by atoms with E-state index in [0.717, 1.165) is 73.3 Å². The summed E-state index contributed by atoms with van der Waals surface area (Å²) in [7, 11) is 0. The molecule has 0 unspecified atom stereocenters. The Morgan fingerprint density at radius 2 is 1.92 bits per heavy atom. The fraction of sp³-hybridized carbons (Fsp3) is 0.643. The number of ether oxygens (including phenoxy) is 2. The minimum absolute atomic E-state index is 0.0375. The first-order valence-corrected chi connectivity index (χ1v) is 13.7. The van der Waals surface area contributed by atoms with Gasteiger partial charge in [-0.05, 0) is 92.1 Å². The molecule has 194 valence electrons. The summed E-state index contributed by atoms with van der Waals surface area (Å²) in [5.74, 6) is 1.45. The fourth-order valence-corrected chi connectivity index (χ4v) is 7.46. The molecule has 0 bridgehead atoms. The van der Waals surface area contributed by atoms with Gasteiger partial charge in [-0.3, -0.25) is 9.69 Å². The van der Waals surface area contributed by atoms with Gasteiger partial charge in [0, 0.05) is 35.7 Å². The molecular formula is C28H36ClN3O4. The van der Waals surface area contributed by atoms with Gasteiger partial charge in [-0.1, -0.05) is 18.5 Å². The average Bonchev–Trinajstić information content (AvgIpc) is 3.26. The predicted octanol–water partition coefficient (Wildman–Crippen LogP) is 4.22. The van der Waals surface area contributed by atoms with Crippen molar-refractivity contribution in [3.63, 3.8) is 0 Å². The average molecular weight is 514 g/mol. The molecule has 8 heteroatoms. The number of piperidine rings is 1. The molecule has 1 amide bonds. The van der Waals surface area contributed by atoms with Crippen molar-refractivity contribution >= 4 is 34.1 Å². The number of pyridine rings is 1. The van der Waals surface area contributed by atoms with Crippen LogP contribution in [-0.2, 0) is 14.3 Å². The van der Waals surface area contributed by atoms with E-state index in [1.807, 2.05) is 12.1 Å². The third-order valence-electron chi connectivity index (χ3n) is 9.76. The number of aliphatic hydroxyl groups is 1. The summed E-state index contributed by atoms with van der Waals surface area (Å²) < 4.78 is 11.1. The van der Waals surface area contributed by atoms with Crippen molar-refractivity contribution in [1.82, 2.24) is 9.88 Å². The van der Waals surface area contributed by atoms with E-state index >= 15 is 0 Å². The van der Waals surface area contributed by atoms with Crippen molar-refractivity contribution in [2.75, 3.05) is 44.8 Å². The van der Waals surface area contributed by atoms with E-state index in [1.165, 1.54) is 0 Å². The molecule has 4 heterocycles. The summed E-state index contributed by atoms with van der Waals surface area (Å²) in [6.07, 6.45) is 5.24. The maximum Gasteiger partial charge on any atom is 0.229 e. The van der Waals surface area contributed by atoms with E-state index in [-0.39, 0.29) is 22.8 Å². The van der Waals surface area contributed by atoms with Gasteiger partial charge in [0.2, 0.25) is 5.91 Å². The van der Waals surface area contributed by atoms with Gasteiger partial charge in [-0.15, -0.1) is 0 Å². The maximum atomic E-state index is 13.1. The number of anilines is 1. The highest BCUT2D eigenvalue weighted by molar-refractivity contribution is 6.32. The molecule has 1 aliphatic carbocycles. The number of likely N-dealkylation sites (tertiary alicyclic amines) is 1. The van der Waals surface area contributed by atoms with Crippen LogP contribution in [0, 0.1) is 17.3 Å². The van der Waals surface area contributed by atoms with Crippen molar-refractivity contribution in [3.05, 3.63) is 35.0 Å². The number of benzene rings is 1. The van der Waals surface area contributed by atoms with Crippen LogP contribution >= 0.6 is 11.6 Å². The number of carbonyl (C=O) groups excluding carboxylic acids is 1. The van der Waals surface area contributed by atoms with Crippen LogP contribution < -0.4 is 5.32 Å². The van der Waals surface area contributed by atoms with Gasteiger partial charge in [-0.25, -0.2) is 4.98 Å². The van der Waals surface area contributed by atoms with Gasteiger partial charge < -0.3 is 19.9 Å². The van der Waals surface area contributed by atoms with Crippen LogP contribution in [0.25, 0.3) is 10.8 Å². The third kappa shape index (κ3) is 4.04. The number of halogens is 1. The monoisotopic (exact) mass is 513 g/mol. The van der Waals surface area contributed by atoms with Crippen LogP contribution in [0.5, 0.6) is 0 Å². The van der Waals surface area contributed by atoms with Crippen LogP contribution in [-0.4, -0.2) is 72.1 Å². The Hall–Kier alpha value is -1.77. The Kier molecular flexibility index (Phi) is 6.28. The molecule has 6 rings (SSSR count). The molecule has 36 heavy (non-hydrogen) atoms. The van der Waals surface area contributed by atoms with E-state index in [9.17, 15) is 9.90 Å². The van der Waals surface area contributed by atoms with Gasteiger partial charge in [0.25, 0.3) is 0 Å². The molecule has 7 nitrogen and oxygen atoms in total. The Balaban J connectivity index is 1.16. The number of rotatable bonds is 4. The lowest BCUT2D eigenvalue weighted by Crippen LogP contribution is -2.56. The first kappa shape index (κ1) is 24.6. The molecule has 3 aliphatic heterocycles. The van der Waals surface area contributed by atoms with Gasteiger partial charge in [0.1, 0.15) is 5.82 Å². The number of amides is 1. The van der Waals surface area contributed by atoms with Crippen LogP contribution in [0.4, 0.5) is 5.82 Å². The highest BCUT2D eigenvalue weighted by Crippen LogP contribution is 2.64. The van der Waals surface area contributed by atoms with Crippen molar-refractivity contribution in [2.24, 2.45) is 17.3 Å². The zero-order valence-corrected chi connectivity index (χ0v) is 21.9. The normalized spacial score (nSPS) is 32.7. The Labute approximate surface area is 217 Å². The first-order chi connectivity index (χ1) is 17.3. The highest BCUT2D eigenvalue weighted by Gasteiger charge is 2.65. The second-order valence-electron chi connectivity index (χ2n) is 11.5. The summed E-state index contributed by atoms with van der Waals surface area (Å²) in [5, 5.41) is 16.3. The van der Waals surface area contributed by atoms with E-state index in [4.69, 9.17) is 21.1 Å². The minimum atomic E-state index is -0.445. The standard InChI is InChI=1S/C28H36ClN3O4/c1-17-25(28(17)5-9-35-10-6-28)26(34)31-24-13-19-11-21(22(29)12-20(19)14-30-24)18-3-7-32(8-4-18)27(2)16-36-15-23(27)33/h11-14,17-18,23,25,33H,3-10,15-16H2,1-2H3,(H,30,31,34)/t17-,23+,25+,27-/m0/s1. The zero-order valence-electron chi connectivity index (χ0n) is 21.1. The number of carbonyl (C=O) groups is 1. The van der Waals surface area contributed by atoms with Crippen LogP contribution in [0.2, 0.25) is 5.02 Å². The number of nitrogens with zero attached hydrogens (tertiary/aromatic N) is 2. The number of aliphatic hydroxyl groups excluding tert-OH is 1. The van der Waals surface area contributed by atoms with Crippen molar-refractivity contribution in [3.8, 4) is 0 Å². The summed E-state index contributed by atoms with van der Waals surface area (Å²) in [6.45, 7) is 8.57. The molecule has 1 aromatic heterocycles. The highest BCUT2D eigenvalue weighted by atomic mass is 35.5. The second kappa shape index (κ2) is 9.21. The van der Waals surface area contributed by atoms with Crippen molar-refractivity contribution in [1.29, 1.82) is 0 Å². The lowest BCUT2D eigenvalue weighted by atomic mass is 9.85. The van der Waals surface area contributed by atoms with Crippen LogP contribution in [0.1, 0.15) is 51.0 Å². The van der Waals surface area contributed by atoms with Gasteiger partial charge in [0.05, 0.1) is 24.9 Å². The number of hydrogen-bond donors (Lipinski definition) is 2. The molecular weight excluding hydrogens is 478 g/mol. The largest absolute Gasteiger partial charge is 0.389 e. The Morgan fingerprint density at radius 1 is 1.17 bits per heavy atom. The Bertz CT molecular complexity index is 1160. The number of fused-ring (bicyclic) bond motifs is 1.